The monoisotopic (exact) mass is 413 g/mol. The zero-order valence-corrected chi connectivity index (χ0v) is 18.2. The maximum absolute atomic E-state index is 13.7. The first-order chi connectivity index (χ1) is 15.1. The van der Waals surface area contributed by atoms with Crippen molar-refractivity contribution in [2.24, 2.45) is 0 Å². The van der Waals surface area contributed by atoms with E-state index in [1.54, 1.807) is 12.1 Å². The second-order valence-electron chi connectivity index (χ2n) is 8.56. The van der Waals surface area contributed by atoms with Crippen LogP contribution in [0.15, 0.2) is 72.8 Å². The lowest BCUT2D eigenvalue weighted by atomic mass is 10.0. The van der Waals surface area contributed by atoms with E-state index in [0.717, 1.165) is 44.1 Å². The third-order valence-corrected chi connectivity index (χ3v) is 6.49. The molecule has 3 aromatic carbocycles. The number of nitrogens with zero attached hydrogens (tertiary/aromatic N) is 3. The predicted molar refractivity (Wildman–Crippen MR) is 126 cm³/mol. The largest absolute Gasteiger partial charge is 0.314 e. The Morgan fingerprint density at radius 1 is 0.839 bits per heavy atom. The number of likely N-dealkylation sites (N-methyl/N-ethyl adjacent to an activating group) is 1. The first-order valence-corrected chi connectivity index (χ1v) is 11.0. The lowest BCUT2D eigenvalue weighted by molar-refractivity contribution is 0.148. The molecule has 2 heterocycles. The van der Waals surface area contributed by atoms with Crippen LogP contribution in [0, 0.1) is 12.7 Å². The quantitative estimate of drug-likeness (QED) is 0.438. The topological polar surface area (TPSA) is 11.4 Å². The molecule has 0 N–H and O–H groups in total. The van der Waals surface area contributed by atoms with Gasteiger partial charge in [0, 0.05) is 49.7 Å². The Morgan fingerprint density at radius 3 is 2.32 bits per heavy atom. The lowest BCUT2D eigenvalue weighted by Crippen LogP contribution is -2.43. The van der Waals surface area contributed by atoms with E-state index in [1.807, 2.05) is 12.1 Å². The first-order valence-electron chi connectivity index (χ1n) is 11.0. The predicted octanol–water partition coefficient (Wildman–Crippen LogP) is 5.49. The van der Waals surface area contributed by atoms with Gasteiger partial charge in [-0.25, -0.2) is 4.39 Å². The number of piperazine rings is 1. The summed E-state index contributed by atoms with van der Waals surface area (Å²) >= 11 is 0. The molecule has 1 aliphatic heterocycles. The van der Waals surface area contributed by atoms with E-state index >= 15 is 0 Å². The molecule has 0 radical (unpaired) electrons. The van der Waals surface area contributed by atoms with Crippen LogP contribution in [0.4, 0.5) is 4.39 Å². The minimum atomic E-state index is -0.210. The highest BCUT2D eigenvalue weighted by Gasteiger charge is 2.20. The van der Waals surface area contributed by atoms with E-state index in [-0.39, 0.29) is 5.82 Å². The molecule has 1 saturated heterocycles. The molecular formula is C27H28FN3. The van der Waals surface area contributed by atoms with Crippen LogP contribution in [0.25, 0.3) is 27.7 Å². The molecule has 0 unspecified atom stereocenters. The standard InChI is InChI=1S/C27H28FN3/c1-20-22(19-30-16-14-29(2)15-17-30)18-27(31(20)24-12-10-23(28)11-13-24)26-9-5-7-21-6-3-4-8-25(21)26/h3-13,18H,14-17,19H2,1-2H3. The van der Waals surface area contributed by atoms with Gasteiger partial charge in [0.2, 0.25) is 0 Å². The van der Waals surface area contributed by atoms with Crippen molar-refractivity contribution in [1.82, 2.24) is 14.4 Å². The molecule has 4 aromatic rings. The molecule has 4 heteroatoms. The van der Waals surface area contributed by atoms with Crippen molar-refractivity contribution >= 4 is 10.8 Å². The van der Waals surface area contributed by atoms with Gasteiger partial charge in [-0.15, -0.1) is 0 Å². The van der Waals surface area contributed by atoms with E-state index in [0.29, 0.717) is 0 Å². The molecule has 1 aromatic heterocycles. The van der Waals surface area contributed by atoms with Crippen LogP contribution in [-0.2, 0) is 6.54 Å². The highest BCUT2D eigenvalue weighted by Crippen LogP contribution is 2.34. The molecule has 1 fully saturated rings. The van der Waals surface area contributed by atoms with Crippen LogP contribution in [-0.4, -0.2) is 47.6 Å². The Balaban J connectivity index is 1.64. The zero-order valence-electron chi connectivity index (χ0n) is 18.2. The summed E-state index contributed by atoms with van der Waals surface area (Å²) in [6, 6.07) is 24.1. The Morgan fingerprint density at radius 2 is 1.55 bits per heavy atom. The molecule has 0 atom stereocenters. The average Bonchev–Trinajstić information content (AvgIpc) is 3.11. The van der Waals surface area contributed by atoms with Gasteiger partial charge >= 0.3 is 0 Å². The fourth-order valence-corrected chi connectivity index (χ4v) is 4.64. The van der Waals surface area contributed by atoms with Crippen LogP contribution in [0.5, 0.6) is 0 Å². The normalized spacial score (nSPS) is 15.6. The van der Waals surface area contributed by atoms with E-state index in [2.05, 4.69) is 76.9 Å². The fourth-order valence-electron chi connectivity index (χ4n) is 4.64. The van der Waals surface area contributed by atoms with Gasteiger partial charge in [-0.05, 0) is 60.6 Å². The molecule has 0 bridgehead atoms. The summed E-state index contributed by atoms with van der Waals surface area (Å²) in [5.41, 5.74) is 5.90. The van der Waals surface area contributed by atoms with Gasteiger partial charge in [-0.1, -0.05) is 42.5 Å². The summed E-state index contributed by atoms with van der Waals surface area (Å²) in [6.07, 6.45) is 0. The lowest BCUT2D eigenvalue weighted by Gasteiger charge is -2.32. The summed E-state index contributed by atoms with van der Waals surface area (Å²) in [4.78, 5) is 4.92. The Bertz CT molecular complexity index is 1200. The fraction of sp³-hybridized carbons (Fsp3) is 0.259. The van der Waals surface area contributed by atoms with Crippen LogP contribution in [0.1, 0.15) is 11.3 Å². The molecule has 5 rings (SSSR count). The first kappa shape index (κ1) is 20.0. The zero-order chi connectivity index (χ0) is 21.4. The van der Waals surface area contributed by atoms with Crippen LogP contribution in [0.2, 0.25) is 0 Å². The molecule has 0 amide bonds. The van der Waals surface area contributed by atoms with Crippen LogP contribution < -0.4 is 0 Å². The average molecular weight is 414 g/mol. The number of halogens is 1. The van der Waals surface area contributed by atoms with Crippen molar-refractivity contribution in [2.75, 3.05) is 33.2 Å². The number of hydrogen-bond acceptors (Lipinski definition) is 2. The van der Waals surface area contributed by atoms with Gasteiger partial charge in [0.1, 0.15) is 5.82 Å². The van der Waals surface area contributed by atoms with Crippen LogP contribution >= 0.6 is 0 Å². The molecule has 31 heavy (non-hydrogen) atoms. The van der Waals surface area contributed by atoms with Gasteiger partial charge < -0.3 is 9.47 Å². The molecule has 0 spiro atoms. The number of hydrogen-bond donors (Lipinski definition) is 0. The van der Waals surface area contributed by atoms with Gasteiger partial charge in [0.25, 0.3) is 0 Å². The van der Waals surface area contributed by atoms with Gasteiger partial charge in [0.05, 0.1) is 5.69 Å². The molecule has 3 nitrogen and oxygen atoms in total. The summed E-state index contributed by atoms with van der Waals surface area (Å²) in [5.74, 6) is -0.210. The van der Waals surface area contributed by atoms with Crippen LogP contribution in [0.3, 0.4) is 0 Å². The second-order valence-corrected chi connectivity index (χ2v) is 8.56. The number of rotatable bonds is 4. The van der Waals surface area contributed by atoms with Gasteiger partial charge in [0.15, 0.2) is 0 Å². The molecule has 1 aliphatic rings. The third kappa shape index (κ3) is 3.89. The number of benzene rings is 3. The van der Waals surface area contributed by atoms with E-state index in [4.69, 9.17) is 0 Å². The summed E-state index contributed by atoms with van der Waals surface area (Å²) < 4.78 is 15.9. The minimum Gasteiger partial charge on any atom is -0.314 e. The van der Waals surface area contributed by atoms with Crippen molar-refractivity contribution in [3.63, 3.8) is 0 Å². The third-order valence-electron chi connectivity index (χ3n) is 6.49. The Labute approximate surface area is 183 Å². The minimum absolute atomic E-state index is 0.210. The summed E-state index contributed by atoms with van der Waals surface area (Å²) in [5, 5.41) is 2.46. The van der Waals surface area contributed by atoms with Gasteiger partial charge in [-0.2, -0.15) is 0 Å². The molecule has 158 valence electrons. The number of aromatic nitrogens is 1. The highest BCUT2D eigenvalue weighted by atomic mass is 19.1. The highest BCUT2D eigenvalue weighted by molar-refractivity contribution is 5.96. The Kier molecular flexibility index (Phi) is 5.34. The second kappa shape index (κ2) is 8.29. The maximum atomic E-state index is 13.7. The van der Waals surface area contributed by atoms with E-state index in [1.165, 1.54) is 27.6 Å². The molecular weight excluding hydrogens is 385 g/mol. The number of fused-ring (bicyclic) bond motifs is 1. The van der Waals surface area contributed by atoms with Crippen molar-refractivity contribution in [1.29, 1.82) is 0 Å². The van der Waals surface area contributed by atoms with Crippen molar-refractivity contribution in [2.45, 2.75) is 13.5 Å². The smallest absolute Gasteiger partial charge is 0.123 e. The Hall–Kier alpha value is -2.95. The molecule has 0 aliphatic carbocycles. The molecule has 0 saturated carbocycles. The SMILES string of the molecule is Cc1c(CN2CCN(C)CC2)cc(-c2cccc3ccccc23)n1-c1ccc(F)cc1. The van der Waals surface area contributed by atoms with E-state index < -0.39 is 0 Å². The van der Waals surface area contributed by atoms with Crippen molar-refractivity contribution < 1.29 is 4.39 Å². The van der Waals surface area contributed by atoms with Crippen molar-refractivity contribution in [3.8, 4) is 16.9 Å². The van der Waals surface area contributed by atoms with Gasteiger partial charge in [-0.3, -0.25) is 4.90 Å². The maximum Gasteiger partial charge on any atom is 0.123 e. The van der Waals surface area contributed by atoms with Crippen molar-refractivity contribution in [3.05, 3.63) is 89.9 Å². The van der Waals surface area contributed by atoms with E-state index in [9.17, 15) is 4.39 Å². The summed E-state index contributed by atoms with van der Waals surface area (Å²) in [7, 11) is 2.19. The summed E-state index contributed by atoms with van der Waals surface area (Å²) in [6.45, 7) is 7.50.